The Morgan fingerprint density at radius 1 is 1.19 bits per heavy atom. The maximum Gasteiger partial charge on any atom is 0.277 e. The van der Waals surface area contributed by atoms with Crippen molar-refractivity contribution in [2.75, 3.05) is 0 Å². The third-order valence-corrected chi connectivity index (χ3v) is 2.95. The number of ether oxygens (including phenoxy) is 1. The summed E-state index contributed by atoms with van der Waals surface area (Å²) in [6.07, 6.45) is 1.52. The van der Waals surface area contributed by atoms with E-state index >= 15 is 0 Å². The van der Waals surface area contributed by atoms with E-state index in [9.17, 15) is 10.1 Å². The Balaban J connectivity index is 1.96. The lowest BCUT2D eigenvalue weighted by atomic mass is 10.2. The second-order valence-electron chi connectivity index (χ2n) is 4.21. The molecule has 3 rings (SSSR count). The summed E-state index contributed by atoms with van der Waals surface area (Å²) in [7, 11) is 0. The summed E-state index contributed by atoms with van der Waals surface area (Å²) in [6.45, 7) is 0. The molecule has 3 aromatic rings. The average molecular weight is 302 g/mol. The molecule has 0 aliphatic rings. The van der Waals surface area contributed by atoms with Gasteiger partial charge in [0.05, 0.1) is 28.8 Å². The van der Waals surface area contributed by atoms with Gasteiger partial charge in [0.25, 0.3) is 5.69 Å². The standard InChI is InChI=1S/C14H8ClN3O3/c15-13-6-10(18(19)20)7-14(17-13)21-11-5-9-3-1-2-4-12(9)16-8-11/h1-8H. The first-order valence-corrected chi connectivity index (χ1v) is 6.34. The molecule has 0 amide bonds. The summed E-state index contributed by atoms with van der Waals surface area (Å²) in [6, 6.07) is 11.7. The van der Waals surface area contributed by atoms with E-state index in [1.165, 1.54) is 12.3 Å². The molecule has 0 saturated heterocycles. The van der Waals surface area contributed by atoms with Gasteiger partial charge in [-0.15, -0.1) is 0 Å². The molecular weight excluding hydrogens is 294 g/mol. The van der Waals surface area contributed by atoms with Gasteiger partial charge in [-0.05, 0) is 12.1 Å². The summed E-state index contributed by atoms with van der Waals surface area (Å²) in [5, 5.41) is 11.7. The van der Waals surface area contributed by atoms with Crippen LogP contribution in [0.3, 0.4) is 0 Å². The molecule has 2 aromatic heterocycles. The van der Waals surface area contributed by atoms with Crippen LogP contribution in [0, 0.1) is 10.1 Å². The highest BCUT2D eigenvalue weighted by Crippen LogP contribution is 2.27. The van der Waals surface area contributed by atoms with Gasteiger partial charge in [0.2, 0.25) is 5.88 Å². The van der Waals surface area contributed by atoms with Crippen molar-refractivity contribution in [3.63, 3.8) is 0 Å². The number of pyridine rings is 2. The molecule has 0 N–H and O–H groups in total. The maximum absolute atomic E-state index is 10.8. The summed E-state index contributed by atoms with van der Waals surface area (Å²) in [5.74, 6) is 0.476. The molecule has 0 unspecified atom stereocenters. The number of rotatable bonds is 3. The molecule has 0 spiro atoms. The molecule has 0 atom stereocenters. The minimum absolute atomic E-state index is 0.00653. The lowest BCUT2D eigenvalue weighted by Gasteiger charge is -2.05. The van der Waals surface area contributed by atoms with Crippen LogP contribution in [0.4, 0.5) is 5.69 Å². The molecule has 0 aliphatic heterocycles. The van der Waals surface area contributed by atoms with Crippen LogP contribution in [0.15, 0.2) is 48.7 Å². The number of hydrogen-bond donors (Lipinski definition) is 0. The van der Waals surface area contributed by atoms with E-state index in [1.54, 1.807) is 6.07 Å². The predicted molar refractivity (Wildman–Crippen MR) is 77.7 cm³/mol. The van der Waals surface area contributed by atoms with Gasteiger partial charge in [-0.1, -0.05) is 29.8 Å². The van der Waals surface area contributed by atoms with Crippen molar-refractivity contribution in [2.45, 2.75) is 0 Å². The van der Waals surface area contributed by atoms with Crippen LogP contribution in [0.5, 0.6) is 11.6 Å². The number of hydrogen-bond acceptors (Lipinski definition) is 5. The van der Waals surface area contributed by atoms with E-state index in [4.69, 9.17) is 16.3 Å². The van der Waals surface area contributed by atoms with Gasteiger partial charge in [-0.3, -0.25) is 15.1 Å². The number of nitro groups is 1. The molecule has 0 radical (unpaired) electrons. The van der Waals surface area contributed by atoms with Crippen LogP contribution in [-0.2, 0) is 0 Å². The van der Waals surface area contributed by atoms with Gasteiger partial charge < -0.3 is 4.74 Å². The molecule has 0 fully saturated rings. The fraction of sp³-hybridized carbons (Fsp3) is 0. The SMILES string of the molecule is O=[N+]([O-])c1cc(Cl)nc(Oc2cnc3ccccc3c2)c1. The second-order valence-corrected chi connectivity index (χ2v) is 4.60. The van der Waals surface area contributed by atoms with Crippen molar-refractivity contribution < 1.29 is 9.66 Å². The first kappa shape index (κ1) is 13.3. The molecule has 0 bridgehead atoms. The molecule has 21 heavy (non-hydrogen) atoms. The quantitative estimate of drug-likeness (QED) is 0.415. The smallest absolute Gasteiger partial charge is 0.277 e. The summed E-state index contributed by atoms with van der Waals surface area (Å²) >= 11 is 5.74. The largest absolute Gasteiger partial charge is 0.437 e. The Bertz CT molecular complexity index is 839. The van der Waals surface area contributed by atoms with Gasteiger partial charge >= 0.3 is 0 Å². The Morgan fingerprint density at radius 3 is 2.81 bits per heavy atom. The summed E-state index contributed by atoms with van der Waals surface area (Å²) in [5.41, 5.74) is 0.647. The molecule has 6 nitrogen and oxygen atoms in total. The fourth-order valence-corrected chi connectivity index (χ4v) is 2.04. The topological polar surface area (TPSA) is 78.2 Å². The molecule has 7 heteroatoms. The van der Waals surface area contributed by atoms with Crippen LogP contribution in [-0.4, -0.2) is 14.9 Å². The van der Waals surface area contributed by atoms with E-state index in [-0.39, 0.29) is 16.7 Å². The number of aromatic nitrogens is 2. The predicted octanol–water partition coefficient (Wildman–Crippen LogP) is 3.98. The van der Waals surface area contributed by atoms with Crippen molar-refractivity contribution in [1.82, 2.24) is 9.97 Å². The van der Waals surface area contributed by atoms with E-state index in [0.29, 0.717) is 5.75 Å². The van der Waals surface area contributed by atoms with E-state index in [2.05, 4.69) is 9.97 Å². The van der Waals surface area contributed by atoms with Crippen molar-refractivity contribution >= 4 is 28.2 Å². The molecule has 2 heterocycles. The minimum atomic E-state index is -0.556. The zero-order valence-electron chi connectivity index (χ0n) is 10.6. The molecule has 1 aromatic carbocycles. The molecule has 0 saturated carbocycles. The van der Waals surface area contributed by atoms with Gasteiger partial charge in [-0.2, -0.15) is 0 Å². The fourth-order valence-electron chi connectivity index (χ4n) is 1.85. The summed E-state index contributed by atoms with van der Waals surface area (Å²) < 4.78 is 5.50. The second kappa shape index (κ2) is 5.34. The van der Waals surface area contributed by atoms with Crippen molar-refractivity contribution in [3.05, 3.63) is 63.9 Å². The third-order valence-electron chi connectivity index (χ3n) is 2.75. The van der Waals surface area contributed by atoms with Crippen LogP contribution in [0.25, 0.3) is 10.9 Å². The summed E-state index contributed by atoms with van der Waals surface area (Å²) in [4.78, 5) is 18.4. The number of nitrogens with zero attached hydrogens (tertiary/aromatic N) is 3. The first-order chi connectivity index (χ1) is 10.1. The van der Waals surface area contributed by atoms with Crippen LogP contribution < -0.4 is 4.74 Å². The molecular formula is C14H8ClN3O3. The van der Waals surface area contributed by atoms with E-state index in [0.717, 1.165) is 17.0 Å². The number of benzene rings is 1. The molecule has 0 aliphatic carbocycles. The van der Waals surface area contributed by atoms with Gasteiger partial charge in [0, 0.05) is 5.39 Å². The van der Waals surface area contributed by atoms with Gasteiger partial charge in [0.15, 0.2) is 0 Å². The van der Waals surface area contributed by atoms with Crippen molar-refractivity contribution in [2.24, 2.45) is 0 Å². The van der Waals surface area contributed by atoms with Crippen LogP contribution >= 0.6 is 11.6 Å². The number of para-hydroxylation sites is 1. The monoisotopic (exact) mass is 301 g/mol. The average Bonchev–Trinajstić information content (AvgIpc) is 2.46. The highest BCUT2D eigenvalue weighted by atomic mass is 35.5. The first-order valence-electron chi connectivity index (χ1n) is 5.96. The lowest BCUT2D eigenvalue weighted by molar-refractivity contribution is -0.385. The van der Waals surface area contributed by atoms with Gasteiger partial charge in [0.1, 0.15) is 10.9 Å². The number of halogens is 1. The molecule has 104 valence electrons. The van der Waals surface area contributed by atoms with Crippen LogP contribution in [0.2, 0.25) is 5.15 Å². The Morgan fingerprint density at radius 2 is 2.00 bits per heavy atom. The lowest BCUT2D eigenvalue weighted by Crippen LogP contribution is -1.93. The normalized spacial score (nSPS) is 10.5. The van der Waals surface area contributed by atoms with Gasteiger partial charge in [-0.25, -0.2) is 4.98 Å². The number of fused-ring (bicyclic) bond motifs is 1. The third kappa shape index (κ3) is 2.90. The Kier molecular flexibility index (Phi) is 3.37. The van der Waals surface area contributed by atoms with Crippen LogP contribution in [0.1, 0.15) is 0 Å². The highest BCUT2D eigenvalue weighted by molar-refractivity contribution is 6.29. The zero-order chi connectivity index (χ0) is 14.8. The van der Waals surface area contributed by atoms with E-state index < -0.39 is 4.92 Å². The Labute approximate surface area is 124 Å². The minimum Gasteiger partial charge on any atom is -0.437 e. The van der Waals surface area contributed by atoms with Crippen molar-refractivity contribution in [3.8, 4) is 11.6 Å². The van der Waals surface area contributed by atoms with Crippen molar-refractivity contribution in [1.29, 1.82) is 0 Å². The Hall–Kier alpha value is -2.73. The van der Waals surface area contributed by atoms with E-state index in [1.807, 2.05) is 24.3 Å². The highest BCUT2D eigenvalue weighted by Gasteiger charge is 2.12. The zero-order valence-corrected chi connectivity index (χ0v) is 11.3. The maximum atomic E-state index is 10.8.